The van der Waals surface area contributed by atoms with Gasteiger partial charge in [0, 0.05) is 18.3 Å². The van der Waals surface area contributed by atoms with Gasteiger partial charge in [-0.05, 0) is 25.1 Å². The van der Waals surface area contributed by atoms with E-state index in [4.69, 9.17) is 5.73 Å². The maximum Gasteiger partial charge on any atom is 0.260 e. The maximum atomic E-state index is 12.1. The number of nitrogens with two attached hydrogens (primary N) is 1. The number of aromatic amines is 1. The molecule has 1 atom stereocenters. The second-order valence-electron chi connectivity index (χ2n) is 5.32. The lowest BCUT2D eigenvalue weighted by molar-refractivity contribution is 0.565. The number of nitrogens with one attached hydrogen (secondary N) is 1. The molecule has 3 rings (SSSR count). The van der Waals surface area contributed by atoms with Gasteiger partial charge >= 0.3 is 0 Å². The molecule has 1 aliphatic heterocycles. The lowest BCUT2D eigenvalue weighted by Crippen LogP contribution is -2.48. The standard InChI is InChI=1S/C13H16N4O3S/c1-8-7-21(19,20)5-4-17(8)13-15-11-3-2-9(14)6-10(11)12(18)16-13/h2-3,6,8H,4-5,7,14H2,1H3,(H,15,16,18). The van der Waals surface area contributed by atoms with Gasteiger partial charge in [-0.25, -0.2) is 13.4 Å². The highest BCUT2D eigenvalue weighted by molar-refractivity contribution is 7.91. The number of H-pyrrole nitrogens is 1. The molecule has 8 heteroatoms. The van der Waals surface area contributed by atoms with Crippen LogP contribution >= 0.6 is 0 Å². The van der Waals surface area contributed by atoms with Crippen LogP contribution in [0.2, 0.25) is 0 Å². The van der Waals surface area contributed by atoms with Gasteiger partial charge in [-0.1, -0.05) is 0 Å². The number of hydrogen-bond acceptors (Lipinski definition) is 6. The Hall–Kier alpha value is -2.09. The monoisotopic (exact) mass is 308 g/mol. The van der Waals surface area contributed by atoms with Crippen molar-refractivity contribution in [3.8, 4) is 0 Å². The van der Waals surface area contributed by atoms with E-state index >= 15 is 0 Å². The van der Waals surface area contributed by atoms with Crippen LogP contribution in [0.4, 0.5) is 11.6 Å². The molecule has 0 spiro atoms. The molecule has 0 radical (unpaired) electrons. The van der Waals surface area contributed by atoms with E-state index < -0.39 is 9.84 Å². The number of aromatic nitrogens is 2. The van der Waals surface area contributed by atoms with Gasteiger partial charge in [0.25, 0.3) is 5.56 Å². The van der Waals surface area contributed by atoms with Crippen LogP contribution in [-0.4, -0.2) is 42.5 Å². The van der Waals surface area contributed by atoms with Crippen molar-refractivity contribution in [1.82, 2.24) is 9.97 Å². The van der Waals surface area contributed by atoms with Crippen LogP contribution in [0, 0.1) is 0 Å². The number of sulfone groups is 1. The van der Waals surface area contributed by atoms with Gasteiger partial charge in [0.15, 0.2) is 9.84 Å². The first kappa shape index (κ1) is 13.9. The summed E-state index contributed by atoms with van der Waals surface area (Å²) in [5.41, 5.74) is 6.44. The Morgan fingerprint density at radius 3 is 2.90 bits per heavy atom. The number of benzene rings is 1. The number of nitrogen functional groups attached to an aromatic ring is 1. The average Bonchev–Trinajstić information content (AvgIpc) is 2.38. The molecule has 1 saturated heterocycles. The molecule has 1 unspecified atom stereocenters. The Bertz CT molecular complexity index is 859. The highest BCUT2D eigenvalue weighted by Gasteiger charge is 2.29. The van der Waals surface area contributed by atoms with E-state index in [1.807, 2.05) is 11.8 Å². The zero-order chi connectivity index (χ0) is 15.2. The van der Waals surface area contributed by atoms with Crippen molar-refractivity contribution in [1.29, 1.82) is 0 Å². The first-order chi connectivity index (χ1) is 9.85. The number of fused-ring (bicyclic) bond motifs is 1. The van der Waals surface area contributed by atoms with Gasteiger partial charge in [-0.15, -0.1) is 0 Å². The van der Waals surface area contributed by atoms with E-state index in [1.54, 1.807) is 18.2 Å². The predicted octanol–water partition coefficient (Wildman–Crippen LogP) is 0.129. The molecule has 2 heterocycles. The Labute approximate surface area is 121 Å². The molecule has 1 aromatic heterocycles. The average molecular weight is 308 g/mol. The smallest absolute Gasteiger partial charge is 0.260 e. The van der Waals surface area contributed by atoms with Crippen molar-refractivity contribution in [3.05, 3.63) is 28.6 Å². The van der Waals surface area contributed by atoms with E-state index in [9.17, 15) is 13.2 Å². The SMILES string of the molecule is CC1CS(=O)(=O)CCN1c1nc2ccc(N)cc2c(=O)[nH]1. The van der Waals surface area contributed by atoms with E-state index in [0.29, 0.717) is 29.1 Å². The van der Waals surface area contributed by atoms with Crippen molar-refractivity contribution in [2.75, 3.05) is 28.7 Å². The zero-order valence-electron chi connectivity index (χ0n) is 11.5. The molecule has 1 aliphatic rings. The summed E-state index contributed by atoms with van der Waals surface area (Å²) in [4.78, 5) is 21.1. The lowest BCUT2D eigenvalue weighted by atomic mass is 10.2. The molecule has 2 aromatic rings. The fourth-order valence-corrected chi connectivity index (χ4v) is 4.15. The summed E-state index contributed by atoms with van der Waals surface area (Å²) in [6.45, 7) is 2.14. The minimum atomic E-state index is -3.01. The second-order valence-corrected chi connectivity index (χ2v) is 7.55. The summed E-state index contributed by atoms with van der Waals surface area (Å²) >= 11 is 0. The third-order valence-electron chi connectivity index (χ3n) is 3.66. The molecular weight excluding hydrogens is 292 g/mol. The van der Waals surface area contributed by atoms with E-state index in [0.717, 1.165) is 0 Å². The highest BCUT2D eigenvalue weighted by atomic mass is 32.2. The number of rotatable bonds is 1. The molecule has 1 aromatic carbocycles. The van der Waals surface area contributed by atoms with Gasteiger partial charge in [0.2, 0.25) is 5.95 Å². The van der Waals surface area contributed by atoms with Crippen molar-refractivity contribution >= 4 is 32.4 Å². The molecule has 21 heavy (non-hydrogen) atoms. The molecular formula is C13H16N4O3S. The molecule has 112 valence electrons. The van der Waals surface area contributed by atoms with Crippen molar-refractivity contribution < 1.29 is 8.42 Å². The minimum absolute atomic E-state index is 0.0660. The van der Waals surface area contributed by atoms with Gasteiger partial charge < -0.3 is 10.6 Å². The minimum Gasteiger partial charge on any atom is -0.399 e. The Morgan fingerprint density at radius 1 is 1.43 bits per heavy atom. The third-order valence-corrected chi connectivity index (χ3v) is 5.45. The normalized spacial score (nSPS) is 21.6. The van der Waals surface area contributed by atoms with Crippen molar-refractivity contribution in [2.45, 2.75) is 13.0 Å². The van der Waals surface area contributed by atoms with Crippen LogP contribution in [0.5, 0.6) is 0 Å². The summed E-state index contributed by atoms with van der Waals surface area (Å²) in [6.07, 6.45) is 0. The van der Waals surface area contributed by atoms with Crippen LogP contribution in [0.25, 0.3) is 10.9 Å². The number of nitrogens with zero attached hydrogens (tertiary/aromatic N) is 2. The van der Waals surface area contributed by atoms with E-state index in [-0.39, 0.29) is 23.1 Å². The molecule has 0 aliphatic carbocycles. The largest absolute Gasteiger partial charge is 0.399 e. The topological polar surface area (TPSA) is 109 Å². The van der Waals surface area contributed by atoms with Crippen LogP contribution in [0.15, 0.2) is 23.0 Å². The summed E-state index contributed by atoms with van der Waals surface area (Å²) < 4.78 is 23.2. The number of hydrogen-bond donors (Lipinski definition) is 2. The molecule has 0 saturated carbocycles. The van der Waals surface area contributed by atoms with Crippen molar-refractivity contribution in [2.24, 2.45) is 0 Å². The number of anilines is 2. The first-order valence-corrected chi connectivity index (χ1v) is 8.44. The van der Waals surface area contributed by atoms with Crippen LogP contribution in [0.1, 0.15) is 6.92 Å². The summed E-state index contributed by atoms with van der Waals surface area (Å²) in [5, 5.41) is 0.427. The highest BCUT2D eigenvalue weighted by Crippen LogP contribution is 2.19. The van der Waals surface area contributed by atoms with Gasteiger partial charge in [-0.3, -0.25) is 9.78 Å². The Morgan fingerprint density at radius 2 is 2.19 bits per heavy atom. The summed E-state index contributed by atoms with van der Waals surface area (Å²) in [5.74, 6) is 0.539. The fraction of sp³-hybridized carbons (Fsp3) is 0.385. The first-order valence-electron chi connectivity index (χ1n) is 6.62. The lowest BCUT2D eigenvalue weighted by Gasteiger charge is -2.33. The van der Waals surface area contributed by atoms with Gasteiger partial charge in [-0.2, -0.15) is 0 Å². The molecule has 0 amide bonds. The van der Waals surface area contributed by atoms with E-state index in [1.165, 1.54) is 0 Å². The third kappa shape index (κ3) is 2.58. The molecule has 7 nitrogen and oxygen atoms in total. The fourth-order valence-electron chi connectivity index (χ4n) is 2.59. The molecule has 3 N–H and O–H groups in total. The Balaban J connectivity index is 2.06. The quantitative estimate of drug-likeness (QED) is 0.725. The Kier molecular flexibility index (Phi) is 3.12. The van der Waals surface area contributed by atoms with Crippen LogP contribution < -0.4 is 16.2 Å². The van der Waals surface area contributed by atoms with Gasteiger partial charge in [0.1, 0.15) is 0 Å². The second kappa shape index (κ2) is 4.73. The van der Waals surface area contributed by atoms with Gasteiger partial charge in [0.05, 0.1) is 22.4 Å². The van der Waals surface area contributed by atoms with E-state index in [2.05, 4.69) is 9.97 Å². The maximum absolute atomic E-state index is 12.1. The summed E-state index contributed by atoms with van der Waals surface area (Å²) in [7, 11) is -3.01. The zero-order valence-corrected chi connectivity index (χ0v) is 12.4. The molecule has 0 bridgehead atoms. The van der Waals surface area contributed by atoms with Crippen molar-refractivity contribution in [3.63, 3.8) is 0 Å². The molecule has 1 fully saturated rings. The van der Waals surface area contributed by atoms with Crippen LogP contribution in [0.3, 0.4) is 0 Å². The summed E-state index contributed by atoms with van der Waals surface area (Å²) in [6, 6.07) is 4.73. The van der Waals surface area contributed by atoms with Crippen LogP contribution in [-0.2, 0) is 9.84 Å². The predicted molar refractivity (Wildman–Crippen MR) is 82.2 cm³/mol.